The minimum Gasteiger partial charge on any atom is -0.427 e. The maximum absolute atomic E-state index is 10.8. The quantitative estimate of drug-likeness (QED) is 0.615. The maximum atomic E-state index is 10.8. The first kappa shape index (κ1) is 12.2. The van der Waals surface area contributed by atoms with Crippen LogP contribution in [0, 0.1) is 17.2 Å². The molecule has 0 aromatic heterocycles. The van der Waals surface area contributed by atoms with Gasteiger partial charge in [0.25, 0.3) is 0 Å². The first-order chi connectivity index (χ1) is 7.56. The Morgan fingerprint density at radius 3 is 2.62 bits per heavy atom. The first-order valence-corrected chi connectivity index (χ1v) is 4.74. The highest BCUT2D eigenvalue weighted by molar-refractivity contribution is 5.69. The van der Waals surface area contributed by atoms with E-state index in [9.17, 15) is 4.79 Å². The number of ether oxygens (including phenoxy) is 1. The second-order valence-corrected chi connectivity index (χ2v) is 3.39. The zero-order valence-corrected chi connectivity index (χ0v) is 9.15. The van der Waals surface area contributed by atoms with Crippen LogP contribution in [0.5, 0.6) is 5.75 Å². The zero-order chi connectivity index (χ0) is 12.1. The Labute approximate surface area is 94.1 Å². The number of aliphatic hydroxyl groups excluding tert-OH is 1. The highest BCUT2D eigenvalue weighted by atomic mass is 16.5. The number of esters is 1. The van der Waals surface area contributed by atoms with Gasteiger partial charge in [0, 0.05) is 12.8 Å². The summed E-state index contributed by atoms with van der Waals surface area (Å²) in [5, 5.41) is 17.8. The van der Waals surface area contributed by atoms with Gasteiger partial charge < -0.3 is 9.84 Å². The molecule has 0 heterocycles. The van der Waals surface area contributed by atoms with Crippen molar-refractivity contribution in [3.8, 4) is 11.8 Å². The van der Waals surface area contributed by atoms with Gasteiger partial charge in [-0.3, -0.25) is 4.79 Å². The van der Waals surface area contributed by atoms with Gasteiger partial charge in [-0.25, -0.2) is 0 Å². The molecule has 16 heavy (non-hydrogen) atoms. The molecule has 0 aliphatic heterocycles. The largest absolute Gasteiger partial charge is 0.427 e. The van der Waals surface area contributed by atoms with Crippen LogP contribution in [0.25, 0.3) is 0 Å². The summed E-state index contributed by atoms with van der Waals surface area (Å²) < 4.78 is 4.91. The summed E-state index contributed by atoms with van der Waals surface area (Å²) in [5.74, 6) is 0.586. The van der Waals surface area contributed by atoms with Crippen molar-refractivity contribution in [3.05, 3.63) is 35.2 Å². The van der Waals surface area contributed by atoms with Crippen molar-refractivity contribution in [2.24, 2.45) is 0 Å². The van der Waals surface area contributed by atoms with Gasteiger partial charge >= 0.3 is 5.97 Å². The molecule has 0 atom stereocenters. The van der Waals surface area contributed by atoms with Crippen LogP contribution < -0.4 is 4.74 Å². The lowest BCUT2D eigenvalue weighted by atomic mass is 10.00. The van der Waals surface area contributed by atoms with Crippen LogP contribution in [-0.4, -0.2) is 17.7 Å². The number of hydrogen-bond donors (Lipinski definition) is 1. The summed E-state index contributed by atoms with van der Waals surface area (Å²) in [6, 6.07) is 6.71. The van der Waals surface area contributed by atoms with Crippen LogP contribution in [0.15, 0.2) is 18.2 Å². The predicted octanol–water partition coefficient (Wildman–Crippen LogP) is 1.42. The van der Waals surface area contributed by atoms with E-state index in [4.69, 9.17) is 15.1 Å². The molecule has 0 saturated carbocycles. The van der Waals surface area contributed by atoms with Gasteiger partial charge in [0.1, 0.15) is 5.75 Å². The van der Waals surface area contributed by atoms with E-state index in [2.05, 4.69) is 0 Å². The van der Waals surface area contributed by atoms with E-state index in [0.717, 1.165) is 0 Å². The van der Waals surface area contributed by atoms with E-state index in [-0.39, 0.29) is 6.61 Å². The van der Waals surface area contributed by atoms with Crippen molar-refractivity contribution < 1.29 is 14.6 Å². The molecule has 0 fully saturated rings. The molecule has 0 spiro atoms. The van der Waals surface area contributed by atoms with Gasteiger partial charge in [-0.15, -0.1) is 0 Å². The molecule has 0 amide bonds. The molecule has 0 bridgehead atoms. The Kier molecular flexibility index (Phi) is 4.03. The average Bonchev–Trinajstić information content (AvgIpc) is 2.26. The molecule has 4 heteroatoms. The molecule has 83 valence electrons. The molecule has 1 rings (SSSR count). The van der Waals surface area contributed by atoms with E-state index >= 15 is 0 Å². The summed E-state index contributed by atoms with van der Waals surface area (Å²) in [7, 11) is 0. The van der Waals surface area contributed by atoms with Crippen molar-refractivity contribution in [2.75, 3.05) is 6.61 Å². The maximum Gasteiger partial charge on any atom is 0.308 e. The van der Waals surface area contributed by atoms with Crippen LogP contribution in [0.1, 0.15) is 25.0 Å². The third-order valence-corrected chi connectivity index (χ3v) is 2.03. The topological polar surface area (TPSA) is 70.3 Å². The van der Waals surface area contributed by atoms with Crippen LogP contribution in [0.2, 0.25) is 0 Å². The number of hydrogen-bond acceptors (Lipinski definition) is 4. The van der Waals surface area contributed by atoms with Crippen molar-refractivity contribution in [3.63, 3.8) is 0 Å². The first-order valence-electron chi connectivity index (χ1n) is 4.74. The lowest BCUT2D eigenvalue weighted by Gasteiger charge is -2.10. The standard InChI is InChI=1S/C12H12NO3/c1-8(7-14)11-3-10(6-13)4-12(5-11)16-9(2)15/h3-5,14H,7H2,1-2H3. The third kappa shape index (κ3) is 3.07. The number of carbonyl (C=O) groups is 1. The van der Waals surface area contributed by atoms with Crippen LogP contribution in [0.3, 0.4) is 0 Å². The Bertz CT molecular complexity index is 434. The van der Waals surface area contributed by atoms with Crippen LogP contribution in [-0.2, 0) is 4.79 Å². The molecule has 4 nitrogen and oxygen atoms in total. The number of benzene rings is 1. The Morgan fingerprint density at radius 1 is 1.44 bits per heavy atom. The van der Waals surface area contributed by atoms with E-state index < -0.39 is 5.97 Å². The lowest BCUT2D eigenvalue weighted by Crippen LogP contribution is -2.05. The second-order valence-electron chi connectivity index (χ2n) is 3.39. The summed E-state index contributed by atoms with van der Waals surface area (Å²) in [6.07, 6.45) is 0. The zero-order valence-electron chi connectivity index (χ0n) is 9.15. The monoisotopic (exact) mass is 218 g/mol. The van der Waals surface area contributed by atoms with Crippen molar-refractivity contribution in [2.45, 2.75) is 13.8 Å². The SMILES string of the molecule is C[C](CO)c1cc(C#N)cc(OC(C)=O)c1. The summed E-state index contributed by atoms with van der Waals surface area (Å²) in [4.78, 5) is 10.8. The predicted molar refractivity (Wildman–Crippen MR) is 57.6 cm³/mol. The number of nitriles is 1. The molecule has 0 saturated heterocycles. The summed E-state index contributed by atoms with van der Waals surface area (Å²) >= 11 is 0. The fourth-order valence-corrected chi connectivity index (χ4v) is 1.23. The molecule has 1 N–H and O–H groups in total. The lowest BCUT2D eigenvalue weighted by molar-refractivity contribution is -0.131. The van der Waals surface area contributed by atoms with Gasteiger partial charge in [-0.05, 0) is 23.8 Å². The highest BCUT2D eigenvalue weighted by Crippen LogP contribution is 2.22. The fraction of sp³-hybridized carbons (Fsp3) is 0.250. The normalized spacial score (nSPS) is 9.94. The van der Waals surface area contributed by atoms with Crippen LogP contribution >= 0.6 is 0 Å². The van der Waals surface area contributed by atoms with Gasteiger partial charge in [0.15, 0.2) is 0 Å². The van der Waals surface area contributed by atoms with Crippen LogP contribution in [0.4, 0.5) is 0 Å². The number of carbonyl (C=O) groups excluding carboxylic acids is 1. The van der Waals surface area contributed by atoms with E-state index in [1.54, 1.807) is 19.1 Å². The molecular weight excluding hydrogens is 206 g/mol. The van der Waals surface area contributed by atoms with E-state index in [1.807, 2.05) is 6.07 Å². The number of nitrogens with zero attached hydrogens (tertiary/aromatic N) is 1. The highest BCUT2D eigenvalue weighted by Gasteiger charge is 2.09. The van der Waals surface area contributed by atoms with Crippen molar-refractivity contribution in [1.82, 2.24) is 0 Å². The van der Waals surface area contributed by atoms with Crippen molar-refractivity contribution in [1.29, 1.82) is 5.26 Å². The third-order valence-electron chi connectivity index (χ3n) is 2.03. The van der Waals surface area contributed by atoms with E-state index in [1.165, 1.54) is 13.0 Å². The fourth-order valence-electron chi connectivity index (χ4n) is 1.23. The number of aliphatic hydroxyl groups is 1. The molecule has 0 aliphatic rings. The van der Waals surface area contributed by atoms with E-state index in [0.29, 0.717) is 22.8 Å². The summed E-state index contributed by atoms with van der Waals surface area (Å²) in [6.45, 7) is 2.93. The Hall–Kier alpha value is -1.86. The molecule has 1 radical (unpaired) electrons. The summed E-state index contributed by atoms with van der Waals surface area (Å²) in [5.41, 5.74) is 1.08. The van der Waals surface area contributed by atoms with Gasteiger partial charge in [0.05, 0.1) is 18.2 Å². The van der Waals surface area contributed by atoms with Gasteiger partial charge in [-0.2, -0.15) is 5.26 Å². The smallest absolute Gasteiger partial charge is 0.308 e. The molecule has 1 aromatic rings. The minimum atomic E-state index is -0.442. The second kappa shape index (κ2) is 5.29. The molecule has 1 aromatic carbocycles. The Morgan fingerprint density at radius 2 is 2.12 bits per heavy atom. The van der Waals surface area contributed by atoms with Gasteiger partial charge in [0.2, 0.25) is 0 Å². The minimum absolute atomic E-state index is 0.103. The number of rotatable bonds is 3. The molecule has 0 unspecified atom stereocenters. The van der Waals surface area contributed by atoms with Gasteiger partial charge in [-0.1, -0.05) is 6.92 Å². The average molecular weight is 218 g/mol. The molecule has 0 aliphatic carbocycles. The Balaban J connectivity index is 3.11. The molecular formula is C12H12NO3. The van der Waals surface area contributed by atoms with Crippen molar-refractivity contribution >= 4 is 5.97 Å².